The van der Waals surface area contributed by atoms with Crippen molar-refractivity contribution in [3.05, 3.63) is 17.0 Å². The van der Waals surface area contributed by atoms with Crippen molar-refractivity contribution in [2.45, 2.75) is 64.8 Å². The SMILES string of the molecule is Cc1nn(C)c(C)c1CC(C)C(=O)NC1(CC(=O)O)CCCC1. The van der Waals surface area contributed by atoms with Crippen LogP contribution in [0.15, 0.2) is 0 Å². The standard InChI is InChI=1S/C17H27N3O3/c1-11(9-14-12(2)19-20(4)13(14)3)16(23)18-17(10-15(21)22)7-5-6-8-17/h11H,5-10H2,1-4H3,(H,18,23)(H,21,22). The highest BCUT2D eigenvalue weighted by atomic mass is 16.4. The topological polar surface area (TPSA) is 84.2 Å². The average Bonchev–Trinajstić information content (AvgIpc) is 2.98. The number of nitrogens with zero attached hydrogens (tertiary/aromatic N) is 2. The summed E-state index contributed by atoms with van der Waals surface area (Å²) < 4.78 is 1.83. The van der Waals surface area contributed by atoms with Crippen molar-refractivity contribution in [2.24, 2.45) is 13.0 Å². The van der Waals surface area contributed by atoms with Crippen LogP contribution in [-0.4, -0.2) is 32.3 Å². The Balaban J connectivity index is 2.05. The van der Waals surface area contributed by atoms with E-state index in [4.69, 9.17) is 5.11 Å². The van der Waals surface area contributed by atoms with Gasteiger partial charge in [-0.2, -0.15) is 5.10 Å². The molecular formula is C17H27N3O3. The lowest BCUT2D eigenvalue weighted by molar-refractivity contribution is -0.139. The van der Waals surface area contributed by atoms with Gasteiger partial charge in [-0.05, 0) is 38.7 Å². The Kier molecular flexibility index (Phi) is 5.12. The molecular weight excluding hydrogens is 294 g/mol. The molecule has 0 aliphatic heterocycles. The first-order valence-corrected chi connectivity index (χ1v) is 8.27. The molecule has 0 radical (unpaired) electrons. The lowest BCUT2D eigenvalue weighted by Crippen LogP contribution is -2.49. The molecule has 1 heterocycles. The normalized spacial score (nSPS) is 17.9. The zero-order chi connectivity index (χ0) is 17.2. The monoisotopic (exact) mass is 321 g/mol. The third kappa shape index (κ3) is 3.92. The number of carbonyl (C=O) groups is 2. The molecule has 1 aromatic heterocycles. The summed E-state index contributed by atoms with van der Waals surface area (Å²) in [6.07, 6.45) is 4.09. The van der Waals surface area contributed by atoms with Crippen molar-refractivity contribution in [3.63, 3.8) is 0 Å². The van der Waals surface area contributed by atoms with Crippen LogP contribution in [0.4, 0.5) is 0 Å². The fourth-order valence-electron chi connectivity index (χ4n) is 3.58. The fourth-order valence-corrected chi connectivity index (χ4v) is 3.58. The van der Waals surface area contributed by atoms with E-state index in [2.05, 4.69) is 10.4 Å². The lowest BCUT2D eigenvalue weighted by atomic mass is 9.91. The molecule has 1 atom stereocenters. The third-order valence-electron chi connectivity index (χ3n) is 5.06. The number of carboxylic acid groups (broad SMARTS) is 1. The molecule has 1 saturated carbocycles. The Labute approximate surface area is 137 Å². The summed E-state index contributed by atoms with van der Waals surface area (Å²) in [6, 6.07) is 0. The summed E-state index contributed by atoms with van der Waals surface area (Å²) in [5.74, 6) is -1.11. The van der Waals surface area contributed by atoms with Gasteiger partial charge in [-0.25, -0.2) is 0 Å². The Hall–Kier alpha value is -1.85. The molecule has 2 rings (SSSR count). The molecule has 0 spiro atoms. The minimum atomic E-state index is -0.848. The number of aryl methyl sites for hydroxylation is 2. The number of hydrogen-bond acceptors (Lipinski definition) is 3. The van der Waals surface area contributed by atoms with Crippen LogP contribution in [0.5, 0.6) is 0 Å². The smallest absolute Gasteiger partial charge is 0.305 e. The highest BCUT2D eigenvalue weighted by molar-refractivity contribution is 5.80. The van der Waals surface area contributed by atoms with E-state index in [1.807, 2.05) is 32.5 Å². The van der Waals surface area contributed by atoms with Gasteiger partial charge in [0.1, 0.15) is 0 Å². The van der Waals surface area contributed by atoms with Crippen LogP contribution in [0.2, 0.25) is 0 Å². The molecule has 23 heavy (non-hydrogen) atoms. The molecule has 0 saturated heterocycles. The second-order valence-electron chi connectivity index (χ2n) is 6.93. The van der Waals surface area contributed by atoms with E-state index in [1.54, 1.807) is 0 Å². The molecule has 1 aliphatic carbocycles. The first-order valence-electron chi connectivity index (χ1n) is 8.27. The van der Waals surface area contributed by atoms with E-state index >= 15 is 0 Å². The van der Waals surface area contributed by atoms with E-state index in [-0.39, 0.29) is 18.2 Å². The summed E-state index contributed by atoms with van der Waals surface area (Å²) in [7, 11) is 1.90. The van der Waals surface area contributed by atoms with Gasteiger partial charge >= 0.3 is 5.97 Å². The van der Waals surface area contributed by atoms with Gasteiger partial charge in [0.05, 0.1) is 17.7 Å². The molecule has 1 amide bonds. The number of rotatable bonds is 6. The molecule has 1 unspecified atom stereocenters. The first-order chi connectivity index (χ1) is 10.7. The van der Waals surface area contributed by atoms with Gasteiger partial charge in [0.25, 0.3) is 0 Å². The van der Waals surface area contributed by atoms with Gasteiger partial charge in [-0.15, -0.1) is 0 Å². The quantitative estimate of drug-likeness (QED) is 0.840. The van der Waals surface area contributed by atoms with Crippen LogP contribution in [0, 0.1) is 19.8 Å². The van der Waals surface area contributed by atoms with Crippen molar-refractivity contribution in [2.75, 3.05) is 0 Å². The molecule has 1 aliphatic rings. The van der Waals surface area contributed by atoms with Gasteiger partial charge in [-0.1, -0.05) is 19.8 Å². The number of carboxylic acids is 1. The molecule has 1 fully saturated rings. The predicted octanol–water partition coefficient (Wildman–Crippen LogP) is 2.12. The maximum Gasteiger partial charge on any atom is 0.305 e. The summed E-state index contributed by atoms with van der Waals surface area (Å²) in [4.78, 5) is 23.7. The van der Waals surface area contributed by atoms with Crippen molar-refractivity contribution >= 4 is 11.9 Å². The van der Waals surface area contributed by atoms with E-state index in [9.17, 15) is 9.59 Å². The first kappa shape index (κ1) is 17.5. The lowest BCUT2D eigenvalue weighted by Gasteiger charge is -2.30. The largest absolute Gasteiger partial charge is 0.481 e. The van der Waals surface area contributed by atoms with Gasteiger partial charge in [-0.3, -0.25) is 14.3 Å². The van der Waals surface area contributed by atoms with Crippen molar-refractivity contribution in [1.29, 1.82) is 0 Å². The highest BCUT2D eigenvalue weighted by Crippen LogP contribution is 2.33. The van der Waals surface area contributed by atoms with Crippen LogP contribution in [-0.2, 0) is 23.1 Å². The number of nitrogens with one attached hydrogen (secondary N) is 1. The van der Waals surface area contributed by atoms with E-state index in [1.165, 1.54) is 0 Å². The van der Waals surface area contributed by atoms with Crippen LogP contribution in [0.25, 0.3) is 0 Å². The Morgan fingerprint density at radius 2 is 1.96 bits per heavy atom. The summed E-state index contributed by atoms with van der Waals surface area (Å²) in [5.41, 5.74) is 2.57. The molecule has 0 bridgehead atoms. The fraction of sp³-hybridized carbons (Fsp3) is 0.706. The molecule has 0 aromatic carbocycles. The molecule has 2 N–H and O–H groups in total. The van der Waals surface area contributed by atoms with Gasteiger partial charge in [0.2, 0.25) is 5.91 Å². The maximum atomic E-state index is 12.6. The number of amides is 1. The predicted molar refractivity (Wildman–Crippen MR) is 87.1 cm³/mol. The number of aliphatic carboxylic acids is 1. The van der Waals surface area contributed by atoms with Crippen LogP contribution in [0.1, 0.15) is 56.0 Å². The van der Waals surface area contributed by atoms with E-state index in [0.29, 0.717) is 6.42 Å². The summed E-state index contributed by atoms with van der Waals surface area (Å²) in [6.45, 7) is 5.85. The zero-order valence-corrected chi connectivity index (χ0v) is 14.5. The van der Waals surface area contributed by atoms with E-state index in [0.717, 1.165) is 42.6 Å². The maximum absolute atomic E-state index is 12.6. The highest BCUT2D eigenvalue weighted by Gasteiger charge is 2.38. The summed E-state index contributed by atoms with van der Waals surface area (Å²) >= 11 is 0. The average molecular weight is 321 g/mol. The summed E-state index contributed by atoms with van der Waals surface area (Å²) in [5, 5.41) is 16.6. The second-order valence-corrected chi connectivity index (χ2v) is 6.93. The minimum Gasteiger partial charge on any atom is -0.481 e. The zero-order valence-electron chi connectivity index (χ0n) is 14.5. The van der Waals surface area contributed by atoms with Crippen LogP contribution in [0.3, 0.4) is 0 Å². The van der Waals surface area contributed by atoms with Crippen molar-refractivity contribution in [1.82, 2.24) is 15.1 Å². The Bertz CT molecular complexity index is 600. The van der Waals surface area contributed by atoms with Crippen molar-refractivity contribution < 1.29 is 14.7 Å². The minimum absolute atomic E-state index is 0.0103. The second kappa shape index (κ2) is 6.72. The molecule has 128 valence electrons. The molecule has 6 nitrogen and oxygen atoms in total. The van der Waals surface area contributed by atoms with E-state index < -0.39 is 11.5 Å². The Morgan fingerprint density at radius 1 is 1.35 bits per heavy atom. The van der Waals surface area contributed by atoms with Crippen LogP contribution >= 0.6 is 0 Å². The van der Waals surface area contributed by atoms with Gasteiger partial charge in [0.15, 0.2) is 0 Å². The Morgan fingerprint density at radius 3 is 2.43 bits per heavy atom. The number of carbonyl (C=O) groups excluding carboxylic acids is 1. The molecule has 6 heteroatoms. The third-order valence-corrected chi connectivity index (χ3v) is 5.06. The number of aromatic nitrogens is 2. The van der Waals surface area contributed by atoms with Gasteiger partial charge in [0, 0.05) is 18.7 Å². The van der Waals surface area contributed by atoms with Crippen LogP contribution < -0.4 is 5.32 Å². The van der Waals surface area contributed by atoms with Gasteiger partial charge < -0.3 is 10.4 Å². The van der Waals surface area contributed by atoms with Crippen molar-refractivity contribution in [3.8, 4) is 0 Å². The number of hydrogen-bond donors (Lipinski definition) is 2. The molecule has 1 aromatic rings.